The summed E-state index contributed by atoms with van der Waals surface area (Å²) in [6, 6.07) is -0.447. The third-order valence-corrected chi connectivity index (χ3v) is 3.75. The Bertz CT molecular complexity index is 460. The van der Waals surface area contributed by atoms with E-state index in [1.54, 1.807) is 7.05 Å². The van der Waals surface area contributed by atoms with E-state index in [0.29, 0.717) is 65.0 Å². The van der Waals surface area contributed by atoms with Crippen LogP contribution in [0.25, 0.3) is 0 Å². The highest BCUT2D eigenvalue weighted by atomic mass is 16.6. The second-order valence-corrected chi connectivity index (χ2v) is 7.46. The van der Waals surface area contributed by atoms with Crippen LogP contribution in [0.15, 0.2) is 0 Å². The Morgan fingerprint density at radius 2 is 1.46 bits per heavy atom. The van der Waals surface area contributed by atoms with Crippen LogP contribution in [0, 0.1) is 0 Å². The molecule has 0 spiro atoms. The number of ketones is 1. The van der Waals surface area contributed by atoms with Gasteiger partial charge in [-0.25, -0.2) is 0 Å². The Morgan fingerprint density at radius 3 is 1.96 bits per heavy atom. The molecule has 0 aromatic rings. The maximum atomic E-state index is 11.8. The molecule has 0 aliphatic rings. The standard InChI is InChI=1S/C20H37NO7/c1-20(2,3)28-18(23)9-7-13-27-15-14-26-12-6-8-16(22)10-11-17(21-4)19(24)25-5/h17,21H,6-15H2,1-5H3. The average Bonchev–Trinajstić information content (AvgIpc) is 2.61. The molecule has 0 saturated carbocycles. The maximum Gasteiger partial charge on any atom is 0.322 e. The van der Waals surface area contributed by atoms with Gasteiger partial charge in [0.25, 0.3) is 0 Å². The van der Waals surface area contributed by atoms with Gasteiger partial charge in [-0.05, 0) is 47.1 Å². The van der Waals surface area contributed by atoms with E-state index in [2.05, 4.69) is 10.1 Å². The van der Waals surface area contributed by atoms with Crippen LogP contribution in [0.5, 0.6) is 0 Å². The minimum atomic E-state index is -0.455. The summed E-state index contributed by atoms with van der Waals surface area (Å²) in [7, 11) is 3.00. The number of carbonyl (C=O) groups is 3. The van der Waals surface area contributed by atoms with Gasteiger partial charge in [0.2, 0.25) is 0 Å². The van der Waals surface area contributed by atoms with E-state index in [0.717, 1.165) is 0 Å². The number of hydrogen-bond acceptors (Lipinski definition) is 8. The van der Waals surface area contributed by atoms with Gasteiger partial charge in [-0.15, -0.1) is 0 Å². The largest absolute Gasteiger partial charge is 0.468 e. The molecule has 0 radical (unpaired) electrons. The van der Waals surface area contributed by atoms with E-state index in [1.807, 2.05) is 20.8 Å². The summed E-state index contributed by atoms with van der Waals surface area (Å²) >= 11 is 0. The molecule has 0 aromatic heterocycles. The van der Waals surface area contributed by atoms with Crippen molar-refractivity contribution in [3.05, 3.63) is 0 Å². The van der Waals surface area contributed by atoms with Crippen molar-refractivity contribution >= 4 is 17.7 Å². The highest BCUT2D eigenvalue weighted by molar-refractivity contribution is 5.80. The zero-order valence-electron chi connectivity index (χ0n) is 18.0. The van der Waals surface area contributed by atoms with Gasteiger partial charge in [-0.1, -0.05) is 0 Å². The van der Waals surface area contributed by atoms with Crippen LogP contribution in [0.3, 0.4) is 0 Å². The van der Waals surface area contributed by atoms with E-state index in [4.69, 9.17) is 14.2 Å². The van der Waals surface area contributed by atoms with E-state index in [-0.39, 0.29) is 17.7 Å². The lowest BCUT2D eigenvalue weighted by Gasteiger charge is -2.19. The van der Waals surface area contributed by atoms with Gasteiger partial charge in [0.15, 0.2) is 0 Å². The van der Waals surface area contributed by atoms with Crippen molar-refractivity contribution in [2.45, 2.75) is 70.9 Å². The molecule has 0 heterocycles. The second-order valence-electron chi connectivity index (χ2n) is 7.46. The zero-order chi connectivity index (χ0) is 21.4. The lowest BCUT2D eigenvalue weighted by Crippen LogP contribution is -2.35. The van der Waals surface area contributed by atoms with Crippen LogP contribution in [0.2, 0.25) is 0 Å². The molecule has 8 nitrogen and oxygen atoms in total. The molecule has 1 atom stereocenters. The molecule has 0 fully saturated rings. The van der Waals surface area contributed by atoms with Crippen molar-refractivity contribution in [2.75, 3.05) is 40.6 Å². The van der Waals surface area contributed by atoms with Crippen LogP contribution in [0.1, 0.15) is 59.3 Å². The predicted molar refractivity (Wildman–Crippen MR) is 105 cm³/mol. The molecule has 0 aromatic carbocycles. The number of carbonyl (C=O) groups excluding carboxylic acids is 3. The zero-order valence-corrected chi connectivity index (χ0v) is 18.0. The SMILES string of the molecule is CNC(CCC(=O)CCCOCCOCCCC(=O)OC(C)(C)C)C(=O)OC. The lowest BCUT2D eigenvalue weighted by atomic mass is 10.1. The van der Waals surface area contributed by atoms with Gasteiger partial charge >= 0.3 is 11.9 Å². The molecule has 0 amide bonds. The highest BCUT2D eigenvalue weighted by Gasteiger charge is 2.18. The Balaban J connectivity index is 3.51. The van der Waals surface area contributed by atoms with E-state index >= 15 is 0 Å². The molecule has 0 aliphatic carbocycles. The monoisotopic (exact) mass is 403 g/mol. The number of rotatable bonds is 16. The van der Waals surface area contributed by atoms with Crippen molar-refractivity contribution in [3.63, 3.8) is 0 Å². The lowest BCUT2D eigenvalue weighted by molar-refractivity contribution is -0.155. The molecule has 0 aliphatic heterocycles. The maximum absolute atomic E-state index is 11.8. The van der Waals surface area contributed by atoms with Crippen LogP contribution in [-0.4, -0.2) is 69.9 Å². The van der Waals surface area contributed by atoms with Gasteiger partial charge in [0.1, 0.15) is 17.4 Å². The fourth-order valence-corrected chi connectivity index (χ4v) is 2.36. The molecule has 28 heavy (non-hydrogen) atoms. The third kappa shape index (κ3) is 15.5. The van der Waals surface area contributed by atoms with E-state index < -0.39 is 11.6 Å². The molecule has 1 N–H and O–H groups in total. The Kier molecular flexibility index (Phi) is 14.6. The number of Topliss-reactive ketones (excluding diaryl/α,β-unsaturated/α-hetero) is 1. The van der Waals surface area contributed by atoms with Gasteiger partial charge in [-0.3, -0.25) is 14.4 Å². The number of nitrogens with one attached hydrogen (secondary N) is 1. The Labute approximate surface area is 168 Å². The quantitative estimate of drug-likeness (QED) is 0.309. The van der Waals surface area contributed by atoms with E-state index in [1.165, 1.54) is 7.11 Å². The number of ether oxygens (including phenoxy) is 4. The minimum Gasteiger partial charge on any atom is -0.468 e. The van der Waals surface area contributed by atoms with Crippen molar-refractivity contribution in [2.24, 2.45) is 0 Å². The van der Waals surface area contributed by atoms with Crippen molar-refractivity contribution in [3.8, 4) is 0 Å². The first-order chi connectivity index (χ1) is 13.2. The highest BCUT2D eigenvalue weighted by Crippen LogP contribution is 2.09. The average molecular weight is 404 g/mol. The summed E-state index contributed by atoms with van der Waals surface area (Å²) in [5.41, 5.74) is -0.455. The van der Waals surface area contributed by atoms with Gasteiger partial charge < -0.3 is 24.3 Å². The Morgan fingerprint density at radius 1 is 0.893 bits per heavy atom. The fourth-order valence-electron chi connectivity index (χ4n) is 2.36. The molecule has 0 bridgehead atoms. The fraction of sp³-hybridized carbons (Fsp3) is 0.850. The van der Waals surface area contributed by atoms with Crippen LogP contribution < -0.4 is 5.32 Å². The van der Waals surface area contributed by atoms with Gasteiger partial charge in [-0.2, -0.15) is 0 Å². The summed E-state index contributed by atoms with van der Waals surface area (Å²) in [6.45, 7) is 7.39. The summed E-state index contributed by atoms with van der Waals surface area (Å²) in [5.74, 6) is -0.472. The predicted octanol–water partition coefficient (Wildman–Crippen LogP) is 2.03. The van der Waals surface area contributed by atoms with Crippen LogP contribution in [0.4, 0.5) is 0 Å². The summed E-state index contributed by atoms with van der Waals surface area (Å²) in [4.78, 5) is 34.8. The molecule has 164 valence electrons. The molecule has 0 saturated heterocycles. The van der Waals surface area contributed by atoms with Gasteiger partial charge in [0.05, 0.1) is 20.3 Å². The van der Waals surface area contributed by atoms with Crippen LogP contribution >= 0.6 is 0 Å². The molecule has 1 unspecified atom stereocenters. The first-order valence-corrected chi connectivity index (χ1v) is 9.83. The number of likely N-dealkylation sites (N-methyl/N-ethyl adjacent to an activating group) is 1. The molecular weight excluding hydrogens is 366 g/mol. The first kappa shape index (κ1) is 26.5. The van der Waals surface area contributed by atoms with Crippen molar-refractivity contribution in [1.29, 1.82) is 0 Å². The first-order valence-electron chi connectivity index (χ1n) is 9.83. The number of hydrogen-bond donors (Lipinski definition) is 1. The van der Waals surface area contributed by atoms with Crippen molar-refractivity contribution < 1.29 is 33.3 Å². The molecule has 0 rings (SSSR count). The van der Waals surface area contributed by atoms with Crippen molar-refractivity contribution in [1.82, 2.24) is 5.32 Å². The molecular formula is C20H37NO7. The van der Waals surface area contributed by atoms with Gasteiger partial charge in [0, 0.05) is 32.5 Å². The minimum absolute atomic E-state index is 0.103. The normalized spacial score (nSPS) is 12.5. The Hall–Kier alpha value is -1.51. The summed E-state index contributed by atoms with van der Waals surface area (Å²) < 4.78 is 20.7. The smallest absolute Gasteiger partial charge is 0.322 e. The topological polar surface area (TPSA) is 100 Å². The number of esters is 2. The number of methoxy groups -OCH3 is 1. The van der Waals surface area contributed by atoms with Crippen LogP contribution in [-0.2, 0) is 33.3 Å². The second kappa shape index (κ2) is 15.4. The summed E-state index contributed by atoms with van der Waals surface area (Å²) in [5, 5.41) is 2.84. The third-order valence-electron chi connectivity index (χ3n) is 3.75. The summed E-state index contributed by atoms with van der Waals surface area (Å²) in [6.07, 6.45) is 2.78. The van der Waals surface area contributed by atoms with E-state index in [9.17, 15) is 14.4 Å². The molecule has 8 heteroatoms.